The van der Waals surface area contributed by atoms with Crippen molar-refractivity contribution >= 4 is 34.5 Å². The number of carbonyl (C=O) groups is 1. The highest BCUT2D eigenvalue weighted by Gasteiger charge is 2.28. The van der Waals surface area contributed by atoms with Gasteiger partial charge in [0.1, 0.15) is 11.5 Å². The molecule has 1 aliphatic carbocycles. The van der Waals surface area contributed by atoms with E-state index in [0.29, 0.717) is 29.8 Å². The summed E-state index contributed by atoms with van der Waals surface area (Å²) in [6, 6.07) is 5.50. The van der Waals surface area contributed by atoms with Gasteiger partial charge in [0.05, 0.1) is 10.7 Å². The number of hydrogen-bond acceptors (Lipinski definition) is 3. The molecule has 1 saturated heterocycles. The number of H-pyrrole nitrogens is 1. The maximum absolute atomic E-state index is 11.9. The molecule has 0 aromatic carbocycles. The lowest BCUT2D eigenvalue weighted by atomic mass is 10.1. The van der Waals surface area contributed by atoms with Gasteiger partial charge in [-0.15, -0.1) is 0 Å². The number of nitrogens with zero attached hydrogens (tertiary/aromatic N) is 3. The summed E-state index contributed by atoms with van der Waals surface area (Å²) in [6.45, 7) is 1.25. The van der Waals surface area contributed by atoms with Crippen LogP contribution in [0.25, 0.3) is 22.3 Å². The zero-order chi connectivity index (χ0) is 17.0. The SMILES string of the molecule is O=C1NCCN1c1cccc(-c2cnc3[nH]cc(C4CC4)c3c2Cl)n1. The van der Waals surface area contributed by atoms with Crippen LogP contribution in [-0.4, -0.2) is 34.1 Å². The Labute approximate surface area is 149 Å². The van der Waals surface area contributed by atoms with E-state index in [9.17, 15) is 4.79 Å². The largest absolute Gasteiger partial charge is 0.346 e. The third-order valence-electron chi connectivity index (χ3n) is 4.83. The number of carbonyl (C=O) groups excluding carboxylic acids is 1. The number of nitrogens with one attached hydrogen (secondary N) is 2. The molecule has 1 saturated carbocycles. The highest BCUT2D eigenvalue weighted by atomic mass is 35.5. The average molecular weight is 354 g/mol. The van der Waals surface area contributed by atoms with Crippen LogP contribution in [0.3, 0.4) is 0 Å². The fourth-order valence-electron chi connectivity index (χ4n) is 3.39. The van der Waals surface area contributed by atoms with Gasteiger partial charge in [0.15, 0.2) is 0 Å². The Hall–Kier alpha value is -2.60. The third kappa shape index (κ3) is 2.36. The van der Waals surface area contributed by atoms with E-state index >= 15 is 0 Å². The molecular weight excluding hydrogens is 338 g/mol. The van der Waals surface area contributed by atoms with E-state index in [4.69, 9.17) is 11.6 Å². The first-order chi connectivity index (χ1) is 12.2. The zero-order valence-corrected chi connectivity index (χ0v) is 14.2. The Kier molecular flexibility index (Phi) is 3.21. The summed E-state index contributed by atoms with van der Waals surface area (Å²) in [5.74, 6) is 1.20. The number of amides is 2. The van der Waals surface area contributed by atoms with Gasteiger partial charge in [-0.1, -0.05) is 17.7 Å². The molecule has 2 N–H and O–H groups in total. The van der Waals surface area contributed by atoms with Crippen LogP contribution < -0.4 is 10.2 Å². The van der Waals surface area contributed by atoms with E-state index in [1.807, 2.05) is 24.4 Å². The standard InChI is InChI=1S/C18H16ClN5O/c19-16-12(9-22-17-15(16)11(8-21-17)10-4-5-10)13-2-1-3-14(23-13)24-7-6-20-18(24)25/h1-3,8-10H,4-7H2,(H,20,25)(H,21,22). The van der Waals surface area contributed by atoms with Crippen LogP contribution in [0.5, 0.6) is 0 Å². The van der Waals surface area contributed by atoms with Crippen LogP contribution >= 0.6 is 11.6 Å². The number of aromatic nitrogens is 3. The molecule has 3 aromatic rings. The lowest BCUT2D eigenvalue weighted by Gasteiger charge is -2.14. The van der Waals surface area contributed by atoms with Crippen LogP contribution in [0.4, 0.5) is 10.6 Å². The Bertz CT molecular complexity index is 994. The van der Waals surface area contributed by atoms with Crippen LogP contribution in [0.1, 0.15) is 24.3 Å². The fourth-order valence-corrected chi connectivity index (χ4v) is 3.73. The molecule has 2 fully saturated rings. The predicted molar refractivity (Wildman–Crippen MR) is 97.1 cm³/mol. The lowest BCUT2D eigenvalue weighted by molar-refractivity contribution is 0.252. The number of urea groups is 1. The molecule has 7 heteroatoms. The minimum Gasteiger partial charge on any atom is -0.346 e. The second-order valence-corrected chi connectivity index (χ2v) is 6.87. The van der Waals surface area contributed by atoms with Gasteiger partial charge in [0.25, 0.3) is 0 Å². The number of halogens is 1. The maximum atomic E-state index is 11.9. The molecule has 0 bridgehead atoms. The highest BCUT2D eigenvalue weighted by Crippen LogP contribution is 2.46. The quantitative estimate of drug-likeness (QED) is 0.754. The number of fused-ring (bicyclic) bond motifs is 1. The molecule has 5 rings (SSSR count). The van der Waals surface area contributed by atoms with Crippen molar-refractivity contribution in [2.45, 2.75) is 18.8 Å². The topological polar surface area (TPSA) is 73.9 Å². The molecule has 6 nitrogen and oxygen atoms in total. The number of hydrogen-bond donors (Lipinski definition) is 2. The average Bonchev–Trinajstić information content (AvgIpc) is 3.23. The molecule has 0 radical (unpaired) electrons. The molecule has 4 heterocycles. The monoisotopic (exact) mass is 353 g/mol. The van der Waals surface area contributed by atoms with Crippen LogP contribution in [0.2, 0.25) is 5.02 Å². The first-order valence-corrected chi connectivity index (χ1v) is 8.78. The number of anilines is 1. The van der Waals surface area contributed by atoms with E-state index in [0.717, 1.165) is 22.3 Å². The van der Waals surface area contributed by atoms with Gasteiger partial charge >= 0.3 is 6.03 Å². The minimum atomic E-state index is -0.119. The summed E-state index contributed by atoms with van der Waals surface area (Å²) >= 11 is 6.74. The Balaban J connectivity index is 1.62. The molecule has 0 atom stereocenters. The summed E-state index contributed by atoms with van der Waals surface area (Å²) < 4.78 is 0. The van der Waals surface area contributed by atoms with Crippen LogP contribution in [-0.2, 0) is 0 Å². The normalized spacial score (nSPS) is 17.3. The van der Waals surface area contributed by atoms with Crippen LogP contribution in [0.15, 0.2) is 30.6 Å². The van der Waals surface area contributed by atoms with Crippen molar-refractivity contribution in [3.63, 3.8) is 0 Å². The summed E-state index contributed by atoms with van der Waals surface area (Å²) in [4.78, 5) is 25.9. The Morgan fingerprint density at radius 2 is 2.16 bits per heavy atom. The predicted octanol–water partition coefficient (Wildman–Crippen LogP) is 3.69. The molecule has 0 unspecified atom stereocenters. The summed E-state index contributed by atoms with van der Waals surface area (Å²) in [5.41, 5.74) is 3.56. The maximum Gasteiger partial charge on any atom is 0.323 e. The molecule has 3 aromatic heterocycles. The van der Waals surface area contributed by atoms with Gasteiger partial charge in [-0.05, 0) is 36.5 Å². The summed E-state index contributed by atoms with van der Waals surface area (Å²) in [6.07, 6.45) is 6.16. The van der Waals surface area contributed by atoms with Gasteiger partial charge in [-0.3, -0.25) is 4.90 Å². The zero-order valence-electron chi connectivity index (χ0n) is 13.4. The number of aromatic amines is 1. The Morgan fingerprint density at radius 1 is 1.28 bits per heavy atom. The molecule has 0 spiro atoms. The molecule has 2 aliphatic rings. The van der Waals surface area contributed by atoms with Crippen molar-refractivity contribution in [2.75, 3.05) is 18.0 Å². The highest BCUT2D eigenvalue weighted by molar-refractivity contribution is 6.38. The first-order valence-electron chi connectivity index (χ1n) is 8.40. The van der Waals surface area contributed by atoms with Crippen molar-refractivity contribution in [1.82, 2.24) is 20.3 Å². The van der Waals surface area contributed by atoms with Crippen LogP contribution in [0, 0.1) is 0 Å². The van der Waals surface area contributed by atoms with Crippen molar-refractivity contribution in [3.05, 3.63) is 41.2 Å². The molecule has 1 aliphatic heterocycles. The third-order valence-corrected chi connectivity index (χ3v) is 5.22. The number of rotatable bonds is 3. The minimum absolute atomic E-state index is 0.119. The van der Waals surface area contributed by atoms with Gasteiger partial charge in [-0.2, -0.15) is 0 Å². The van der Waals surface area contributed by atoms with E-state index in [-0.39, 0.29) is 6.03 Å². The summed E-state index contributed by atoms with van der Waals surface area (Å²) in [5, 5.41) is 4.45. The molecular formula is C18H16ClN5O. The molecule has 126 valence electrons. The van der Waals surface area contributed by atoms with Gasteiger partial charge < -0.3 is 10.3 Å². The summed E-state index contributed by atoms with van der Waals surface area (Å²) in [7, 11) is 0. The van der Waals surface area contributed by atoms with Gasteiger partial charge in [-0.25, -0.2) is 14.8 Å². The molecule has 25 heavy (non-hydrogen) atoms. The van der Waals surface area contributed by atoms with Crippen molar-refractivity contribution < 1.29 is 4.79 Å². The van der Waals surface area contributed by atoms with Crippen molar-refractivity contribution in [2.24, 2.45) is 0 Å². The van der Waals surface area contributed by atoms with E-state index in [1.165, 1.54) is 18.4 Å². The van der Waals surface area contributed by atoms with Crippen molar-refractivity contribution in [1.29, 1.82) is 0 Å². The van der Waals surface area contributed by atoms with E-state index in [2.05, 4.69) is 20.3 Å². The second-order valence-electron chi connectivity index (χ2n) is 6.49. The van der Waals surface area contributed by atoms with E-state index in [1.54, 1.807) is 11.1 Å². The Morgan fingerprint density at radius 3 is 2.92 bits per heavy atom. The molecule has 2 amide bonds. The fraction of sp³-hybridized carbons (Fsp3) is 0.278. The smallest absolute Gasteiger partial charge is 0.323 e. The lowest BCUT2D eigenvalue weighted by Crippen LogP contribution is -2.28. The second kappa shape index (κ2) is 5.46. The first kappa shape index (κ1) is 14.7. The van der Waals surface area contributed by atoms with Gasteiger partial charge in [0.2, 0.25) is 0 Å². The number of pyridine rings is 2. The van der Waals surface area contributed by atoms with E-state index < -0.39 is 0 Å². The van der Waals surface area contributed by atoms with Gasteiger partial charge in [0, 0.05) is 36.4 Å². The van der Waals surface area contributed by atoms with Crippen molar-refractivity contribution in [3.8, 4) is 11.3 Å².